The second-order valence-electron chi connectivity index (χ2n) is 10.0. The summed E-state index contributed by atoms with van der Waals surface area (Å²) >= 11 is 0. The van der Waals surface area contributed by atoms with Gasteiger partial charge in [-0.3, -0.25) is 4.79 Å². The first-order valence-electron chi connectivity index (χ1n) is 12.0. The zero-order chi connectivity index (χ0) is 25.2. The lowest BCUT2D eigenvalue weighted by Crippen LogP contribution is -2.74. The zero-order valence-electron chi connectivity index (χ0n) is 19.7. The number of piperidine rings is 1. The number of ether oxygens (including phenoxy) is 3. The highest BCUT2D eigenvalue weighted by Crippen LogP contribution is 2.65. The Morgan fingerprint density at radius 1 is 1.19 bits per heavy atom. The van der Waals surface area contributed by atoms with E-state index in [0.29, 0.717) is 25.1 Å². The van der Waals surface area contributed by atoms with Gasteiger partial charge in [0.2, 0.25) is 0 Å². The van der Waals surface area contributed by atoms with Crippen LogP contribution < -0.4 is 9.47 Å². The number of nitrogens with zero attached hydrogens (tertiary/aromatic N) is 1. The number of rotatable bonds is 5. The molecule has 0 aromatic heterocycles. The van der Waals surface area contributed by atoms with Crippen molar-refractivity contribution in [3.63, 3.8) is 0 Å². The maximum absolute atomic E-state index is 12.8. The van der Waals surface area contributed by atoms with Crippen molar-refractivity contribution in [2.24, 2.45) is 0 Å². The van der Waals surface area contributed by atoms with Gasteiger partial charge in [-0.15, -0.1) is 0 Å². The van der Waals surface area contributed by atoms with Crippen LogP contribution in [0.15, 0.2) is 54.3 Å². The number of hydrogen-bond acceptors (Lipinski definition) is 9. The Balaban J connectivity index is 1.26. The SMILES string of the molecule is CN1CC[C@]23c4c5ccc(O)c4O[C@H]2C(OC(=O)CC(O)C(=O)Oc2ccccc2)=CC[C@@]3(O)[C@H]1C5. The van der Waals surface area contributed by atoms with Crippen LogP contribution in [0.1, 0.15) is 30.4 Å². The third kappa shape index (κ3) is 3.13. The summed E-state index contributed by atoms with van der Waals surface area (Å²) in [5.41, 5.74) is -0.280. The van der Waals surface area contributed by atoms with Crippen molar-refractivity contribution in [1.82, 2.24) is 4.90 Å². The van der Waals surface area contributed by atoms with E-state index in [1.54, 1.807) is 42.5 Å². The summed E-state index contributed by atoms with van der Waals surface area (Å²) in [5.74, 6) is -1.04. The van der Waals surface area contributed by atoms with Crippen molar-refractivity contribution < 1.29 is 39.1 Å². The molecule has 6 rings (SSSR count). The molecule has 36 heavy (non-hydrogen) atoms. The Bertz CT molecular complexity index is 1280. The van der Waals surface area contributed by atoms with Crippen molar-refractivity contribution >= 4 is 11.9 Å². The third-order valence-electron chi connectivity index (χ3n) is 8.18. The highest BCUT2D eigenvalue weighted by Gasteiger charge is 2.72. The average Bonchev–Trinajstić information content (AvgIpc) is 3.21. The summed E-state index contributed by atoms with van der Waals surface area (Å²) in [6.45, 7) is 0.701. The largest absolute Gasteiger partial charge is 0.504 e. The predicted octanol–water partition coefficient (Wildman–Crippen LogP) is 1.57. The van der Waals surface area contributed by atoms with Crippen molar-refractivity contribution in [2.75, 3.05) is 13.6 Å². The van der Waals surface area contributed by atoms with E-state index in [-0.39, 0.29) is 29.7 Å². The molecule has 9 nitrogen and oxygen atoms in total. The van der Waals surface area contributed by atoms with Crippen LogP contribution in [0, 0.1) is 0 Å². The van der Waals surface area contributed by atoms with Crippen molar-refractivity contribution in [2.45, 2.75) is 54.9 Å². The van der Waals surface area contributed by atoms with Crippen LogP contribution in [-0.4, -0.2) is 69.6 Å². The summed E-state index contributed by atoms with van der Waals surface area (Å²) in [4.78, 5) is 27.1. The maximum atomic E-state index is 12.8. The molecule has 2 aromatic carbocycles. The highest BCUT2D eigenvalue weighted by atomic mass is 16.6. The molecule has 4 aliphatic rings. The molecule has 2 aliphatic heterocycles. The molecule has 2 aromatic rings. The Labute approximate surface area is 207 Å². The van der Waals surface area contributed by atoms with Gasteiger partial charge in [-0.1, -0.05) is 24.3 Å². The van der Waals surface area contributed by atoms with Gasteiger partial charge in [0.15, 0.2) is 23.7 Å². The fourth-order valence-electron chi connectivity index (χ4n) is 6.52. The fraction of sp³-hybridized carbons (Fsp3) is 0.407. The Hall–Kier alpha value is -3.40. The molecule has 5 atom stereocenters. The van der Waals surface area contributed by atoms with E-state index in [1.807, 2.05) is 13.1 Å². The van der Waals surface area contributed by atoms with E-state index in [4.69, 9.17) is 14.2 Å². The van der Waals surface area contributed by atoms with Gasteiger partial charge in [0, 0.05) is 18.0 Å². The van der Waals surface area contributed by atoms with Crippen LogP contribution in [0.25, 0.3) is 0 Å². The molecule has 3 N–H and O–H groups in total. The summed E-state index contributed by atoms with van der Waals surface area (Å²) in [5, 5.41) is 32.9. The minimum Gasteiger partial charge on any atom is -0.504 e. The second-order valence-corrected chi connectivity index (χ2v) is 10.0. The summed E-state index contributed by atoms with van der Waals surface area (Å²) < 4.78 is 17.0. The number of carbonyl (C=O) groups is 2. The van der Waals surface area contributed by atoms with Crippen LogP contribution >= 0.6 is 0 Å². The molecule has 2 aliphatic carbocycles. The van der Waals surface area contributed by atoms with E-state index in [9.17, 15) is 24.9 Å². The number of aromatic hydroxyl groups is 1. The molecule has 1 fully saturated rings. The Morgan fingerprint density at radius 3 is 2.75 bits per heavy atom. The third-order valence-corrected chi connectivity index (χ3v) is 8.18. The number of aliphatic hydroxyl groups excluding tert-OH is 1. The Morgan fingerprint density at radius 2 is 1.97 bits per heavy atom. The number of esters is 2. The molecule has 1 saturated heterocycles. The number of aliphatic hydroxyl groups is 2. The molecule has 0 saturated carbocycles. The van der Waals surface area contributed by atoms with Gasteiger partial charge >= 0.3 is 11.9 Å². The molecule has 1 unspecified atom stereocenters. The van der Waals surface area contributed by atoms with E-state index in [0.717, 1.165) is 11.1 Å². The number of carbonyl (C=O) groups excluding carboxylic acids is 2. The van der Waals surface area contributed by atoms with Gasteiger partial charge in [-0.05, 0) is 56.3 Å². The van der Waals surface area contributed by atoms with Crippen LogP contribution in [0.4, 0.5) is 0 Å². The van der Waals surface area contributed by atoms with Gasteiger partial charge in [0.25, 0.3) is 0 Å². The number of hydrogen-bond donors (Lipinski definition) is 3. The zero-order valence-corrected chi connectivity index (χ0v) is 19.7. The molecule has 0 amide bonds. The van der Waals surface area contributed by atoms with Crippen molar-refractivity contribution in [1.29, 1.82) is 0 Å². The fourth-order valence-corrected chi connectivity index (χ4v) is 6.52. The number of likely N-dealkylation sites (N-methyl/N-ethyl adjacent to an activating group) is 1. The normalized spacial score (nSPS) is 30.5. The minimum absolute atomic E-state index is 0.0259. The number of phenolic OH excluding ortho intramolecular Hbond substituents is 1. The molecule has 1 spiro atoms. The number of phenols is 1. The second kappa shape index (κ2) is 8.06. The lowest BCUT2D eigenvalue weighted by molar-refractivity contribution is -0.170. The lowest BCUT2D eigenvalue weighted by Gasteiger charge is -2.61. The predicted molar refractivity (Wildman–Crippen MR) is 125 cm³/mol. The number of para-hydroxylation sites is 1. The minimum atomic E-state index is -1.71. The van der Waals surface area contributed by atoms with Crippen LogP contribution in [0.3, 0.4) is 0 Å². The van der Waals surface area contributed by atoms with Gasteiger partial charge in [-0.2, -0.15) is 0 Å². The molecular weight excluding hydrogens is 466 g/mol. The molecule has 0 radical (unpaired) electrons. The molecule has 2 bridgehead atoms. The lowest BCUT2D eigenvalue weighted by atomic mass is 9.50. The van der Waals surface area contributed by atoms with E-state index >= 15 is 0 Å². The first-order valence-corrected chi connectivity index (χ1v) is 12.0. The van der Waals surface area contributed by atoms with Crippen molar-refractivity contribution in [3.8, 4) is 17.2 Å². The maximum Gasteiger partial charge on any atom is 0.340 e. The van der Waals surface area contributed by atoms with Crippen LogP contribution in [0.5, 0.6) is 17.2 Å². The van der Waals surface area contributed by atoms with Gasteiger partial charge in [0.1, 0.15) is 11.5 Å². The molecule has 9 heteroatoms. The van der Waals surface area contributed by atoms with Crippen molar-refractivity contribution in [3.05, 3.63) is 65.4 Å². The molecule has 188 valence electrons. The van der Waals surface area contributed by atoms with Crippen LogP contribution in [-0.2, 0) is 26.2 Å². The first kappa shape index (κ1) is 23.0. The van der Waals surface area contributed by atoms with E-state index in [1.165, 1.54) is 0 Å². The van der Waals surface area contributed by atoms with Gasteiger partial charge in [-0.25, -0.2) is 4.79 Å². The topological polar surface area (TPSA) is 126 Å². The van der Waals surface area contributed by atoms with Crippen LogP contribution in [0.2, 0.25) is 0 Å². The standard InChI is InChI=1S/C27H27NO8/c1-28-12-11-26-22-15-7-8-17(29)23(22)36-24(26)19(9-10-27(26,33)20(28)13-15)35-21(31)14-18(30)25(32)34-16-5-3-2-4-6-16/h2-9,18,20,24,29-30,33H,10-14H2,1H3/t18?,20-,24+,26+,27-/m1/s1. The summed E-state index contributed by atoms with van der Waals surface area (Å²) in [6, 6.07) is 11.5. The first-order chi connectivity index (χ1) is 17.2. The number of likely N-dealkylation sites (tertiary alicyclic amines) is 1. The quantitative estimate of drug-likeness (QED) is 0.420. The van der Waals surface area contributed by atoms with E-state index in [2.05, 4.69) is 4.90 Å². The summed E-state index contributed by atoms with van der Waals surface area (Å²) in [6.07, 6.45) is -0.101. The summed E-state index contributed by atoms with van der Waals surface area (Å²) in [7, 11) is 1.99. The molecular formula is C27H27NO8. The highest BCUT2D eigenvalue weighted by molar-refractivity contribution is 5.83. The Kier molecular flexibility index (Phi) is 5.15. The average molecular weight is 494 g/mol. The smallest absolute Gasteiger partial charge is 0.340 e. The van der Waals surface area contributed by atoms with Gasteiger partial charge in [0.05, 0.1) is 17.4 Å². The molecule has 2 heterocycles. The van der Waals surface area contributed by atoms with E-state index < -0.39 is 41.6 Å². The monoisotopic (exact) mass is 493 g/mol. The number of benzene rings is 2. The van der Waals surface area contributed by atoms with Gasteiger partial charge < -0.3 is 34.4 Å².